The lowest BCUT2D eigenvalue weighted by atomic mass is 9.94. The fourth-order valence-electron chi connectivity index (χ4n) is 2.24. The fourth-order valence-corrected chi connectivity index (χ4v) is 2.24. The van der Waals surface area contributed by atoms with E-state index >= 15 is 0 Å². The van der Waals surface area contributed by atoms with Gasteiger partial charge in [0.1, 0.15) is 0 Å². The molecule has 0 bridgehead atoms. The highest BCUT2D eigenvalue weighted by Gasteiger charge is 2.18. The number of nitrogens with one attached hydrogen (secondary N) is 1. The second kappa shape index (κ2) is 7.94. The van der Waals surface area contributed by atoms with E-state index in [0.717, 1.165) is 25.7 Å². The van der Waals surface area contributed by atoms with Gasteiger partial charge in [-0.2, -0.15) is 9.97 Å². The summed E-state index contributed by atoms with van der Waals surface area (Å²) < 4.78 is 15.8. The number of ether oxygens (including phenoxy) is 3. The molecule has 0 atom stereocenters. The first-order valence-electron chi connectivity index (χ1n) is 7.16. The third-order valence-corrected chi connectivity index (χ3v) is 3.42. The van der Waals surface area contributed by atoms with E-state index in [4.69, 9.17) is 19.9 Å². The van der Waals surface area contributed by atoms with Crippen LogP contribution in [0, 0.1) is 0 Å². The average molecular weight is 297 g/mol. The summed E-state index contributed by atoms with van der Waals surface area (Å²) in [5.41, 5.74) is 5.87. The number of hydrogen-bond acceptors (Lipinski definition) is 8. The van der Waals surface area contributed by atoms with Crippen molar-refractivity contribution < 1.29 is 14.2 Å². The van der Waals surface area contributed by atoms with Crippen LogP contribution in [-0.2, 0) is 4.74 Å². The zero-order valence-electron chi connectivity index (χ0n) is 12.5. The maximum absolute atomic E-state index is 5.87. The lowest BCUT2D eigenvalue weighted by molar-refractivity contribution is 0.0312. The Kier molecular flexibility index (Phi) is 5.94. The smallest absolute Gasteiger partial charge is 0.324 e. The molecule has 21 heavy (non-hydrogen) atoms. The second-order valence-corrected chi connectivity index (χ2v) is 4.97. The van der Waals surface area contributed by atoms with Crippen LogP contribution >= 0.6 is 0 Å². The predicted octanol–water partition coefficient (Wildman–Crippen LogP) is 0.587. The molecule has 2 rings (SSSR count). The van der Waals surface area contributed by atoms with Crippen LogP contribution in [-0.4, -0.2) is 54.5 Å². The van der Waals surface area contributed by atoms with Gasteiger partial charge >= 0.3 is 12.0 Å². The second-order valence-electron chi connectivity index (χ2n) is 4.97. The number of hydrogen-bond donors (Lipinski definition) is 2. The van der Waals surface area contributed by atoms with Gasteiger partial charge in [0.15, 0.2) is 0 Å². The first-order valence-corrected chi connectivity index (χ1v) is 7.16. The van der Waals surface area contributed by atoms with Crippen molar-refractivity contribution in [1.82, 2.24) is 15.0 Å². The Bertz CT molecular complexity index is 416. The molecule has 0 unspecified atom stereocenters. The van der Waals surface area contributed by atoms with Crippen molar-refractivity contribution in [2.24, 2.45) is 5.73 Å². The van der Waals surface area contributed by atoms with Gasteiger partial charge in [-0.15, -0.1) is 4.98 Å². The lowest BCUT2D eigenvalue weighted by Gasteiger charge is -2.26. The fraction of sp³-hybridized carbons (Fsp3) is 0.769. The Labute approximate surface area is 124 Å². The molecule has 8 heteroatoms. The number of methoxy groups -OCH3 is 2. The van der Waals surface area contributed by atoms with E-state index in [1.807, 2.05) is 0 Å². The summed E-state index contributed by atoms with van der Waals surface area (Å²) in [6.07, 6.45) is 4.47. The first-order chi connectivity index (χ1) is 10.2. The van der Waals surface area contributed by atoms with Gasteiger partial charge in [-0.1, -0.05) is 0 Å². The van der Waals surface area contributed by atoms with Gasteiger partial charge in [0, 0.05) is 12.6 Å². The van der Waals surface area contributed by atoms with E-state index < -0.39 is 0 Å². The quantitative estimate of drug-likeness (QED) is 0.705. The molecule has 1 aromatic heterocycles. The van der Waals surface area contributed by atoms with E-state index in [-0.39, 0.29) is 12.0 Å². The molecule has 1 aliphatic rings. The van der Waals surface area contributed by atoms with Gasteiger partial charge in [0.25, 0.3) is 0 Å². The average Bonchev–Trinajstić information content (AvgIpc) is 2.53. The summed E-state index contributed by atoms with van der Waals surface area (Å²) in [5.74, 6) is 0.410. The summed E-state index contributed by atoms with van der Waals surface area (Å²) in [6.45, 7) is 1.20. The summed E-state index contributed by atoms with van der Waals surface area (Å²) in [4.78, 5) is 12.1. The zero-order valence-corrected chi connectivity index (χ0v) is 12.5. The van der Waals surface area contributed by atoms with Gasteiger partial charge in [-0.05, 0) is 25.7 Å². The maximum Gasteiger partial charge on any atom is 0.324 e. The van der Waals surface area contributed by atoms with E-state index in [2.05, 4.69) is 20.3 Å². The molecule has 0 amide bonds. The van der Waals surface area contributed by atoms with Gasteiger partial charge < -0.3 is 25.3 Å². The Morgan fingerprint density at radius 1 is 1.05 bits per heavy atom. The molecule has 1 fully saturated rings. The van der Waals surface area contributed by atoms with Crippen molar-refractivity contribution in [1.29, 1.82) is 0 Å². The molecule has 1 aromatic rings. The molecule has 0 aromatic carbocycles. The van der Waals surface area contributed by atoms with Crippen LogP contribution in [0.15, 0.2) is 0 Å². The third-order valence-electron chi connectivity index (χ3n) is 3.42. The van der Waals surface area contributed by atoms with Crippen LogP contribution in [0.5, 0.6) is 12.0 Å². The number of rotatable bonds is 7. The normalized spacial score (nSPS) is 21.9. The molecule has 1 saturated carbocycles. The molecule has 118 valence electrons. The number of nitrogens with zero attached hydrogens (tertiary/aromatic N) is 3. The number of anilines is 1. The Balaban J connectivity index is 1.73. The zero-order chi connectivity index (χ0) is 15.1. The molecule has 3 N–H and O–H groups in total. The van der Waals surface area contributed by atoms with E-state index in [1.165, 1.54) is 14.2 Å². The molecule has 1 heterocycles. The molecule has 1 aliphatic carbocycles. The van der Waals surface area contributed by atoms with Crippen molar-refractivity contribution >= 4 is 5.95 Å². The minimum Gasteiger partial charge on any atom is -0.467 e. The first kappa shape index (κ1) is 15.7. The summed E-state index contributed by atoms with van der Waals surface area (Å²) >= 11 is 0. The predicted molar refractivity (Wildman–Crippen MR) is 77.6 cm³/mol. The van der Waals surface area contributed by atoms with Crippen molar-refractivity contribution in [3.63, 3.8) is 0 Å². The van der Waals surface area contributed by atoms with Crippen molar-refractivity contribution in [3.8, 4) is 12.0 Å². The Morgan fingerprint density at radius 2 is 1.67 bits per heavy atom. The van der Waals surface area contributed by atoms with E-state index in [9.17, 15) is 0 Å². The van der Waals surface area contributed by atoms with E-state index in [1.54, 1.807) is 0 Å². The third kappa shape index (κ3) is 4.98. The van der Waals surface area contributed by atoms with Crippen LogP contribution < -0.4 is 20.5 Å². The van der Waals surface area contributed by atoms with Gasteiger partial charge in [-0.3, -0.25) is 0 Å². The van der Waals surface area contributed by atoms with Crippen LogP contribution in [0.4, 0.5) is 5.95 Å². The highest BCUT2D eigenvalue weighted by atomic mass is 16.5. The summed E-state index contributed by atoms with van der Waals surface area (Å²) in [7, 11) is 2.99. The summed E-state index contributed by atoms with van der Waals surface area (Å²) in [6, 6.07) is 0.770. The Hall–Kier alpha value is -1.67. The topological polar surface area (TPSA) is 104 Å². The largest absolute Gasteiger partial charge is 0.467 e. The van der Waals surface area contributed by atoms with Crippen molar-refractivity contribution in [3.05, 3.63) is 0 Å². The molecular formula is C13H23N5O3. The van der Waals surface area contributed by atoms with Crippen LogP contribution in [0.1, 0.15) is 25.7 Å². The molecule has 0 aliphatic heterocycles. The van der Waals surface area contributed by atoms with Gasteiger partial charge in [-0.25, -0.2) is 0 Å². The lowest BCUT2D eigenvalue weighted by Crippen LogP contribution is -2.31. The maximum atomic E-state index is 5.87. The standard InChI is InChI=1S/C13H23N5O3/c1-19-12-16-11(17-13(18-12)20-2)15-7-8-21-10-5-3-9(14)4-6-10/h9-10H,3-8,14H2,1-2H3,(H,15,16,17,18). The molecule has 8 nitrogen and oxygen atoms in total. The number of aromatic nitrogens is 3. The Morgan fingerprint density at radius 3 is 2.24 bits per heavy atom. The van der Waals surface area contributed by atoms with Gasteiger partial charge in [0.2, 0.25) is 5.95 Å². The molecule has 0 spiro atoms. The summed E-state index contributed by atoms with van der Waals surface area (Å²) in [5, 5.41) is 3.07. The van der Waals surface area contributed by atoms with Crippen molar-refractivity contribution in [2.75, 3.05) is 32.7 Å². The minimum atomic E-state index is 0.214. The van der Waals surface area contributed by atoms with E-state index in [0.29, 0.717) is 31.2 Å². The van der Waals surface area contributed by atoms with Crippen LogP contribution in [0.25, 0.3) is 0 Å². The monoisotopic (exact) mass is 297 g/mol. The minimum absolute atomic E-state index is 0.214. The van der Waals surface area contributed by atoms with Gasteiger partial charge in [0.05, 0.1) is 26.9 Å². The van der Waals surface area contributed by atoms with Crippen molar-refractivity contribution in [2.45, 2.75) is 37.8 Å². The SMILES string of the molecule is COc1nc(NCCOC2CCC(N)CC2)nc(OC)n1. The number of nitrogens with two attached hydrogens (primary N) is 1. The molecular weight excluding hydrogens is 274 g/mol. The molecule has 0 saturated heterocycles. The van der Waals surface area contributed by atoms with Crippen LogP contribution in [0.2, 0.25) is 0 Å². The van der Waals surface area contributed by atoms with Crippen LogP contribution in [0.3, 0.4) is 0 Å². The highest BCUT2D eigenvalue weighted by molar-refractivity contribution is 5.27. The highest BCUT2D eigenvalue weighted by Crippen LogP contribution is 2.19. The molecule has 0 radical (unpaired) electrons.